The highest BCUT2D eigenvalue weighted by Crippen LogP contribution is 2.26. The zero-order valence-corrected chi connectivity index (χ0v) is 8.62. The van der Waals surface area contributed by atoms with Crippen molar-refractivity contribution >= 4 is 5.91 Å². The van der Waals surface area contributed by atoms with Crippen molar-refractivity contribution in [3.63, 3.8) is 0 Å². The lowest BCUT2D eigenvalue weighted by molar-refractivity contribution is -0.131. The minimum Gasteiger partial charge on any atom is -0.345 e. The number of rotatable bonds is 4. The van der Waals surface area contributed by atoms with Crippen molar-refractivity contribution in [1.29, 1.82) is 0 Å². The number of carbonyl (C=O) groups excluding carboxylic acids is 1. The molecule has 13 heavy (non-hydrogen) atoms. The summed E-state index contributed by atoms with van der Waals surface area (Å²) in [6.07, 6.45) is 4.38. The fourth-order valence-electron chi connectivity index (χ4n) is 1.60. The molecule has 0 bridgehead atoms. The van der Waals surface area contributed by atoms with E-state index in [1.807, 2.05) is 18.9 Å². The Bertz CT molecular complexity index is 176. The predicted molar refractivity (Wildman–Crippen MR) is 53.2 cm³/mol. The summed E-state index contributed by atoms with van der Waals surface area (Å²) < 4.78 is 0. The molecular weight excluding hydrogens is 164 g/mol. The van der Waals surface area contributed by atoms with E-state index in [0.29, 0.717) is 6.42 Å². The van der Waals surface area contributed by atoms with E-state index >= 15 is 0 Å². The smallest absolute Gasteiger partial charge is 0.223 e. The Morgan fingerprint density at radius 2 is 2.23 bits per heavy atom. The highest BCUT2D eigenvalue weighted by molar-refractivity contribution is 5.76. The lowest BCUT2D eigenvalue weighted by atomic mass is 9.85. The maximum absolute atomic E-state index is 11.5. The average Bonchev–Trinajstić information content (AvgIpc) is 1.94. The fraction of sp³-hybridized carbons (Fsp3) is 0.900. The van der Waals surface area contributed by atoms with Crippen molar-refractivity contribution in [2.24, 2.45) is 11.7 Å². The molecule has 3 nitrogen and oxygen atoms in total. The summed E-state index contributed by atoms with van der Waals surface area (Å²) in [7, 11) is 1.88. The predicted octanol–water partition coefficient (Wildman–Crippen LogP) is 0.982. The highest BCUT2D eigenvalue weighted by atomic mass is 16.2. The molecule has 1 rings (SSSR count). The van der Waals surface area contributed by atoms with E-state index in [-0.39, 0.29) is 11.9 Å². The summed E-state index contributed by atoms with van der Waals surface area (Å²) in [5.74, 6) is 0.934. The fourth-order valence-corrected chi connectivity index (χ4v) is 1.60. The van der Waals surface area contributed by atoms with E-state index in [4.69, 9.17) is 5.73 Å². The summed E-state index contributed by atoms with van der Waals surface area (Å²) in [5.41, 5.74) is 5.56. The van der Waals surface area contributed by atoms with Crippen LogP contribution in [0.3, 0.4) is 0 Å². The first-order chi connectivity index (χ1) is 6.09. The van der Waals surface area contributed by atoms with Gasteiger partial charge < -0.3 is 10.6 Å². The van der Waals surface area contributed by atoms with E-state index in [1.165, 1.54) is 19.3 Å². The van der Waals surface area contributed by atoms with Gasteiger partial charge in [-0.2, -0.15) is 0 Å². The molecule has 0 radical (unpaired) electrons. The van der Waals surface area contributed by atoms with Gasteiger partial charge in [0, 0.05) is 26.1 Å². The van der Waals surface area contributed by atoms with Crippen molar-refractivity contribution in [1.82, 2.24) is 4.90 Å². The summed E-state index contributed by atoms with van der Waals surface area (Å²) in [6, 6.07) is -0.0173. The third-order valence-electron chi connectivity index (χ3n) is 2.68. The van der Waals surface area contributed by atoms with Crippen molar-refractivity contribution in [3.8, 4) is 0 Å². The van der Waals surface area contributed by atoms with Gasteiger partial charge in [0.25, 0.3) is 0 Å². The lowest BCUT2D eigenvalue weighted by Gasteiger charge is -2.30. The Balaban J connectivity index is 2.20. The quantitative estimate of drug-likeness (QED) is 0.708. The summed E-state index contributed by atoms with van der Waals surface area (Å²) in [6.45, 7) is 2.79. The number of amides is 1. The molecule has 0 aromatic rings. The molecular formula is C10H20N2O. The monoisotopic (exact) mass is 184 g/mol. The molecule has 0 aromatic carbocycles. The zero-order valence-electron chi connectivity index (χ0n) is 8.62. The van der Waals surface area contributed by atoms with E-state index in [2.05, 4.69) is 0 Å². The van der Waals surface area contributed by atoms with Gasteiger partial charge in [-0.3, -0.25) is 4.79 Å². The Morgan fingerprint density at radius 3 is 2.62 bits per heavy atom. The van der Waals surface area contributed by atoms with Crippen LogP contribution in [0.4, 0.5) is 0 Å². The molecule has 1 unspecified atom stereocenters. The molecule has 76 valence electrons. The largest absolute Gasteiger partial charge is 0.345 e. The molecule has 1 aliphatic carbocycles. The number of hydrogen-bond donors (Lipinski definition) is 1. The van der Waals surface area contributed by atoms with Crippen LogP contribution in [0.25, 0.3) is 0 Å². The van der Waals surface area contributed by atoms with Crippen molar-refractivity contribution in [3.05, 3.63) is 0 Å². The molecule has 0 aromatic heterocycles. The van der Waals surface area contributed by atoms with Crippen LogP contribution in [0.1, 0.15) is 32.6 Å². The van der Waals surface area contributed by atoms with Crippen LogP contribution in [0, 0.1) is 5.92 Å². The maximum atomic E-state index is 11.5. The first-order valence-electron chi connectivity index (χ1n) is 5.09. The van der Waals surface area contributed by atoms with Crippen molar-refractivity contribution in [2.45, 2.75) is 38.6 Å². The summed E-state index contributed by atoms with van der Waals surface area (Å²) >= 11 is 0. The first kappa shape index (κ1) is 10.5. The summed E-state index contributed by atoms with van der Waals surface area (Å²) in [5, 5.41) is 0. The van der Waals surface area contributed by atoms with Crippen LogP contribution >= 0.6 is 0 Å². The van der Waals surface area contributed by atoms with Crippen LogP contribution in [0.15, 0.2) is 0 Å². The lowest BCUT2D eigenvalue weighted by Crippen LogP contribution is -2.36. The molecule has 1 fully saturated rings. The average molecular weight is 184 g/mol. The standard InChI is InChI=1S/C10H20N2O/c1-8(11)6-10(13)12(2)7-9-4-3-5-9/h8-9H,3-7,11H2,1-2H3. The van der Waals surface area contributed by atoms with Gasteiger partial charge in [0.2, 0.25) is 5.91 Å². The van der Waals surface area contributed by atoms with E-state index < -0.39 is 0 Å². The minimum atomic E-state index is -0.0173. The van der Waals surface area contributed by atoms with E-state index in [0.717, 1.165) is 12.5 Å². The van der Waals surface area contributed by atoms with Crippen LogP contribution in [-0.4, -0.2) is 30.4 Å². The highest BCUT2D eigenvalue weighted by Gasteiger charge is 2.21. The number of hydrogen-bond acceptors (Lipinski definition) is 2. The van der Waals surface area contributed by atoms with Crippen LogP contribution in [0.5, 0.6) is 0 Å². The molecule has 0 saturated heterocycles. The number of nitrogens with two attached hydrogens (primary N) is 1. The van der Waals surface area contributed by atoms with Gasteiger partial charge in [-0.25, -0.2) is 0 Å². The third-order valence-corrected chi connectivity index (χ3v) is 2.68. The molecule has 1 saturated carbocycles. The molecule has 0 aliphatic heterocycles. The van der Waals surface area contributed by atoms with Gasteiger partial charge in [0.1, 0.15) is 0 Å². The van der Waals surface area contributed by atoms with Crippen LogP contribution < -0.4 is 5.73 Å². The van der Waals surface area contributed by atoms with Gasteiger partial charge in [-0.1, -0.05) is 6.42 Å². The van der Waals surface area contributed by atoms with Crippen LogP contribution in [-0.2, 0) is 4.79 Å². The van der Waals surface area contributed by atoms with Crippen molar-refractivity contribution in [2.75, 3.05) is 13.6 Å². The minimum absolute atomic E-state index is 0.0173. The van der Waals surface area contributed by atoms with E-state index in [9.17, 15) is 4.79 Å². The maximum Gasteiger partial charge on any atom is 0.223 e. The van der Waals surface area contributed by atoms with E-state index in [1.54, 1.807) is 0 Å². The Hall–Kier alpha value is -0.570. The first-order valence-corrected chi connectivity index (χ1v) is 5.09. The van der Waals surface area contributed by atoms with Crippen molar-refractivity contribution < 1.29 is 4.79 Å². The van der Waals surface area contributed by atoms with Gasteiger partial charge >= 0.3 is 0 Å². The number of nitrogens with zero attached hydrogens (tertiary/aromatic N) is 1. The Labute approximate surface area is 80.3 Å². The second-order valence-corrected chi connectivity index (χ2v) is 4.25. The summed E-state index contributed by atoms with van der Waals surface area (Å²) in [4.78, 5) is 13.3. The zero-order chi connectivity index (χ0) is 9.84. The number of carbonyl (C=O) groups is 1. The van der Waals surface area contributed by atoms with Gasteiger partial charge in [0.15, 0.2) is 0 Å². The SMILES string of the molecule is CC(N)CC(=O)N(C)CC1CCC1. The Morgan fingerprint density at radius 1 is 1.62 bits per heavy atom. The topological polar surface area (TPSA) is 46.3 Å². The third kappa shape index (κ3) is 3.35. The molecule has 3 heteroatoms. The molecule has 0 spiro atoms. The molecule has 0 heterocycles. The molecule has 1 atom stereocenters. The second-order valence-electron chi connectivity index (χ2n) is 4.25. The van der Waals surface area contributed by atoms with Gasteiger partial charge in [-0.15, -0.1) is 0 Å². The normalized spacial score (nSPS) is 19.3. The molecule has 2 N–H and O–H groups in total. The van der Waals surface area contributed by atoms with Gasteiger partial charge in [-0.05, 0) is 25.7 Å². The molecule has 1 amide bonds. The molecule has 1 aliphatic rings. The second kappa shape index (κ2) is 4.61. The van der Waals surface area contributed by atoms with Gasteiger partial charge in [0.05, 0.1) is 0 Å². The van der Waals surface area contributed by atoms with Crippen LogP contribution in [0.2, 0.25) is 0 Å². The Kier molecular flexibility index (Phi) is 3.72.